The van der Waals surface area contributed by atoms with Gasteiger partial charge in [-0.1, -0.05) is 24.3 Å². The molecule has 0 unspecified atom stereocenters. The Kier molecular flexibility index (Phi) is 3.97. The lowest BCUT2D eigenvalue weighted by atomic mass is 10.0. The number of Topliss-reactive ketones (excluding diaryl/α,β-unsaturated/α-hetero) is 1. The van der Waals surface area contributed by atoms with Gasteiger partial charge in [-0.2, -0.15) is 0 Å². The molecule has 1 aromatic carbocycles. The predicted octanol–water partition coefficient (Wildman–Crippen LogP) is 2.23. The van der Waals surface area contributed by atoms with Crippen molar-refractivity contribution in [3.8, 4) is 0 Å². The van der Waals surface area contributed by atoms with Crippen molar-refractivity contribution in [2.75, 3.05) is 6.54 Å². The lowest BCUT2D eigenvalue weighted by Crippen LogP contribution is -2.06. The molecule has 0 saturated heterocycles. The van der Waals surface area contributed by atoms with Crippen LogP contribution in [-0.4, -0.2) is 17.3 Å². The molecule has 0 aliphatic heterocycles. The molecule has 0 aliphatic carbocycles. The Hall–Kier alpha value is -1.71. The summed E-state index contributed by atoms with van der Waals surface area (Å²) in [5.74, 6) is -0.0186. The number of ketones is 1. The summed E-state index contributed by atoms with van der Waals surface area (Å²) in [6.45, 7) is 1.72. The van der Waals surface area contributed by atoms with Crippen LogP contribution in [0.15, 0.2) is 24.3 Å². The number of nitrogens with zero attached hydrogens (tertiary/aromatic N) is 1. The van der Waals surface area contributed by atoms with Crippen LogP contribution in [0.3, 0.4) is 0 Å². The molecule has 0 N–H and O–H groups in total. The average molecular weight is 207 g/mol. The van der Waals surface area contributed by atoms with Gasteiger partial charge < -0.3 is 0 Å². The highest BCUT2D eigenvalue weighted by molar-refractivity contribution is 5.97. The summed E-state index contributed by atoms with van der Waals surface area (Å²) >= 11 is 0. The Morgan fingerprint density at radius 3 is 2.67 bits per heavy atom. The van der Waals surface area contributed by atoms with Crippen LogP contribution in [0.4, 0.5) is 0 Å². The molecule has 0 aromatic heterocycles. The molecule has 0 amide bonds. The standard InChI is InChI=1S/C11H13NO3/c1-9-5-2-3-6-10(9)11(13)7-4-8-12(14)15/h2-3,5-6H,4,7-8H2,1H3. The van der Waals surface area contributed by atoms with Crippen LogP contribution < -0.4 is 0 Å². The van der Waals surface area contributed by atoms with E-state index in [1.807, 2.05) is 19.1 Å². The van der Waals surface area contributed by atoms with Gasteiger partial charge >= 0.3 is 0 Å². The van der Waals surface area contributed by atoms with Crippen LogP contribution in [0.5, 0.6) is 0 Å². The molecule has 1 aromatic rings. The molecule has 0 aliphatic rings. The zero-order valence-electron chi connectivity index (χ0n) is 8.60. The number of nitro groups is 1. The summed E-state index contributed by atoms with van der Waals surface area (Å²) in [7, 11) is 0. The molecule has 0 fully saturated rings. The molecular formula is C11H13NO3. The predicted molar refractivity (Wildman–Crippen MR) is 56.6 cm³/mol. The van der Waals surface area contributed by atoms with E-state index in [1.54, 1.807) is 12.1 Å². The van der Waals surface area contributed by atoms with Gasteiger partial charge in [-0.3, -0.25) is 14.9 Å². The summed E-state index contributed by atoms with van der Waals surface area (Å²) in [4.78, 5) is 21.3. The summed E-state index contributed by atoms with van der Waals surface area (Å²) in [5.41, 5.74) is 1.59. The number of hydrogen-bond donors (Lipinski definition) is 0. The SMILES string of the molecule is Cc1ccccc1C(=O)CCC[N+](=O)[O-]. The largest absolute Gasteiger partial charge is 0.294 e. The number of aryl methyl sites for hydroxylation is 1. The van der Waals surface area contributed by atoms with Crippen LogP contribution in [-0.2, 0) is 0 Å². The molecule has 0 radical (unpaired) electrons. The maximum atomic E-state index is 11.6. The smallest absolute Gasteiger partial charge is 0.204 e. The van der Waals surface area contributed by atoms with E-state index in [2.05, 4.69) is 0 Å². The van der Waals surface area contributed by atoms with Crippen molar-refractivity contribution in [2.45, 2.75) is 19.8 Å². The summed E-state index contributed by atoms with van der Waals surface area (Å²) < 4.78 is 0. The first kappa shape index (κ1) is 11.4. The number of benzene rings is 1. The van der Waals surface area contributed by atoms with Crippen LogP contribution in [0.2, 0.25) is 0 Å². The molecule has 0 atom stereocenters. The van der Waals surface area contributed by atoms with Gasteiger partial charge in [0, 0.05) is 23.3 Å². The van der Waals surface area contributed by atoms with Crippen molar-refractivity contribution in [1.29, 1.82) is 0 Å². The van der Waals surface area contributed by atoms with Crippen molar-refractivity contribution < 1.29 is 9.72 Å². The highest BCUT2D eigenvalue weighted by Gasteiger charge is 2.09. The molecular weight excluding hydrogens is 194 g/mol. The zero-order valence-corrected chi connectivity index (χ0v) is 8.60. The third-order valence-electron chi connectivity index (χ3n) is 2.19. The fraction of sp³-hybridized carbons (Fsp3) is 0.364. The molecule has 4 nitrogen and oxygen atoms in total. The number of carbonyl (C=O) groups is 1. The van der Waals surface area contributed by atoms with E-state index in [9.17, 15) is 14.9 Å². The lowest BCUT2D eigenvalue weighted by molar-refractivity contribution is -0.480. The maximum Gasteiger partial charge on any atom is 0.204 e. The normalized spacial score (nSPS) is 9.93. The highest BCUT2D eigenvalue weighted by atomic mass is 16.6. The Labute approximate surface area is 88.1 Å². The van der Waals surface area contributed by atoms with Gasteiger partial charge in [0.25, 0.3) is 0 Å². The average Bonchev–Trinajstić information content (AvgIpc) is 2.17. The van der Waals surface area contributed by atoms with Crippen LogP contribution in [0.1, 0.15) is 28.8 Å². The maximum absolute atomic E-state index is 11.6. The summed E-state index contributed by atoms with van der Waals surface area (Å²) in [6.07, 6.45) is 0.548. The van der Waals surface area contributed by atoms with Gasteiger partial charge in [-0.15, -0.1) is 0 Å². The molecule has 0 saturated carbocycles. The second kappa shape index (κ2) is 5.24. The number of carbonyl (C=O) groups excluding carboxylic acids is 1. The second-order valence-corrected chi connectivity index (χ2v) is 3.40. The van der Waals surface area contributed by atoms with Gasteiger partial charge in [-0.25, -0.2) is 0 Å². The Morgan fingerprint density at radius 1 is 1.40 bits per heavy atom. The third-order valence-corrected chi connectivity index (χ3v) is 2.19. The van der Waals surface area contributed by atoms with Gasteiger partial charge in [0.05, 0.1) is 0 Å². The van der Waals surface area contributed by atoms with Crippen LogP contribution in [0.25, 0.3) is 0 Å². The first-order valence-electron chi connectivity index (χ1n) is 4.82. The molecule has 15 heavy (non-hydrogen) atoms. The van der Waals surface area contributed by atoms with Gasteiger partial charge in [0.1, 0.15) is 0 Å². The molecule has 0 heterocycles. The number of hydrogen-bond acceptors (Lipinski definition) is 3. The molecule has 80 valence electrons. The summed E-state index contributed by atoms with van der Waals surface area (Å²) in [6, 6.07) is 7.28. The van der Waals surface area contributed by atoms with E-state index in [0.29, 0.717) is 12.0 Å². The van der Waals surface area contributed by atoms with E-state index in [4.69, 9.17) is 0 Å². The van der Waals surface area contributed by atoms with Crippen LogP contribution >= 0.6 is 0 Å². The number of rotatable bonds is 5. The Balaban J connectivity index is 2.54. The van der Waals surface area contributed by atoms with E-state index in [-0.39, 0.29) is 18.7 Å². The molecule has 1 rings (SSSR count). The van der Waals surface area contributed by atoms with E-state index in [0.717, 1.165) is 5.56 Å². The van der Waals surface area contributed by atoms with E-state index in [1.165, 1.54) is 0 Å². The van der Waals surface area contributed by atoms with E-state index >= 15 is 0 Å². The van der Waals surface area contributed by atoms with Gasteiger partial charge in [0.15, 0.2) is 5.78 Å². The molecule has 0 bridgehead atoms. The van der Waals surface area contributed by atoms with Crippen molar-refractivity contribution in [3.05, 3.63) is 45.5 Å². The minimum Gasteiger partial charge on any atom is -0.294 e. The molecule has 4 heteroatoms. The topological polar surface area (TPSA) is 60.2 Å². The Morgan fingerprint density at radius 2 is 2.07 bits per heavy atom. The minimum atomic E-state index is -0.398. The third kappa shape index (κ3) is 3.50. The van der Waals surface area contributed by atoms with Crippen molar-refractivity contribution >= 4 is 5.78 Å². The van der Waals surface area contributed by atoms with Crippen molar-refractivity contribution in [2.24, 2.45) is 0 Å². The molecule has 0 spiro atoms. The highest BCUT2D eigenvalue weighted by Crippen LogP contribution is 2.10. The fourth-order valence-corrected chi connectivity index (χ4v) is 1.39. The quantitative estimate of drug-likeness (QED) is 0.422. The minimum absolute atomic E-state index is 0.0186. The fourth-order valence-electron chi connectivity index (χ4n) is 1.39. The van der Waals surface area contributed by atoms with Gasteiger partial charge in [0.2, 0.25) is 6.54 Å². The summed E-state index contributed by atoms with van der Waals surface area (Å²) in [5, 5.41) is 10.1. The van der Waals surface area contributed by atoms with Crippen molar-refractivity contribution in [3.63, 3.8) is 0 Å². The van der Waals surface area contributed by atoms with E-state index < -0.39 is 4.92 Å². The first-order valence-corrected chi connectivity index (χ1v) is 4.82. The first-order chi connectivity index (χ1) is 7.11. The van der Waals surface area contributed by atoms with Crippen molar-refractivity contribution in [1.82, 2.24) is 0 Å². The lowest BCUT2D eigenvalue weighted by Gasteiger charge is -2.02. The van der Waals surface area contributed by atoms with Crippen LogP contribution in [0, 0.1) is 17.0 Å². The second-order valence-electron chi connectivity index (χ2n) is 3.40. The zero-order chi connectivity index (χ0) is 11.3. The Bertz CT molecular complexity index is 374. The van der Waals surface area contributed by atoms with Gasteiger partial charge in [-0.05, 0) is 12.5 Å². The monoisotopic (exact) mass is 207 g/mol.